The number of alkyl halides is 3. The number of rotatable bonds is 1. The Labute approximate surface area is 210 Å². The van der Waals surface area contributed by atoms with Gasteiger partial charge in [-0.15, -0.1) is 11.8 Å². The third-order valence-corrected chi connectivity index (χ3v) is 8.01. The van der Waals surface area contributed by atoms with Gasteiger partial charge in [-0.2, -0.15) is 13.2 Å². The Bertz CT molecular complexity index is 1280. The number of hydrogen-bond donors (Lipinski definition) is 0. The highest BCUT2D eigenvalue weighted by molar-refractivity contribution is 9.10. The van der Waals surface area contributed by atoms with E-state index in [1.54, 1.807) is 18.2 Å². The fourth-order valence-corrected chi connectivity index (χ4v) is 5.90. The summed E-state index contributed by atoms with van der Waals surface area (Å²) in [6, 6.07) is 9.20. The monoisotopic (exact) mass is 567 g/mol. The molecule has 0 radical (unpaired) electrons. The quantitative estimate of drug-likeness (QED) is 0.412. The van der Waals surface area contributed by atoms with Crippen LogP contribution in [0.4, 0.5) is 18.0 Å². The van der Waals surface area contributed by atoms with Gasteiger partial charge in [0, 0.05) is 47.3 Å². The zero-order valence-electron chi connectivity index (χ0n) is 18.0. The Kier molecular flexibility index (Phi) is 5.95. The number of allylic oxidation sites excluding steroid dienone is 1. The summed E-state index contributed by atoms with van der Waals surface area (Å²) in [7, 11) is 0. The van der Waals surface area contributed by atoms with Crippen LogP contribution in [0.1, 0.15) is 34.3 Å². The first-order valence-corrected chi connectivity index (χ1v) is 12.4. The molecule has 2 aromatic carbocycles. The molecule has 1 amide bonds. The van der Waals surface area contributed by atoms with E-state index < -0.39 is 35.0 Å². The van der Waals surface area contributed by atoms with Crippen LogP contribution in [0.3, 0.4) is 0 Å². The van der Waals surface area contributed by atoms with Crippen LogP contribution >= 0.6 is 27.7 Å². The van der Waals surface area contributed by atoms with Crippen molar-refractivity contribution in [2.45, 2.75) is 24.6 Å². The van der Waals surface area contributed by atoms with Gasteiger partial charge in [0.05, 0.1) is 5.56 Å². The summed E-state index contributed by atoms with van der Waals surface area (Å²) in [5.41, 5.74) is -0.713. The number of carbonyl (C=O) groups excluding carboxylic acids is 3. The SMILES string of the molecule is O=C1C(=O)c2ccc(Br)cc2C2=C1SCC1(CCN(C(=O)Oc3cccc(C(F)(F)F)c3)CC1)O2. The van der Waals surface area contributed by atoms with Crippen molar-refractivity contribution in [3.63, 3.8) is 0 Å². The number of hydrogen-bond acceptors (Lipinski definition) is 6. The topological polar surface area (TPSA) is 72.9 Å². The molecule has 0 atom stereocenters. The molecule has 2 aliphatic heterocycles. The van der Waals surface area contributed by atoms with Crippen LogP contribution in [0.5, 0.6) is 5.75 Å². The molecule has 1 spiro atoms. The van der Waals surface area contributed by atoms with E-state index in [1.165, 1.54) is 28.8 Å². The van der Waals surface area contributed by atoms with Crippen molar-refractivity contribution in [2.75, 3.05) is 18.8 Å². The van der Waals surface area contributed by atoms with Gasteiger partial charge in [0.15, 0.2) is 0 Å². The highest BCUT2D eigenvalue weighted by Gasteiger charge is 2.46. The summed E-state index contributed by atoms with van der Waals surface area (Å²) in [6.45, 7) is 0.526. The molecule has 0 N–H and O–H groups in total. The zero-order chi connectivity index (χ0) is 25.0. The second-order valence-corrected chi connectivity index (χ2v) is 10.4. The number of halogens is 4. The number of nitrogens with zero attached hydrogens (tertiary/aromatic N) is 1. The normalized spacial score (nSPS) is 19.3. The van der Waals surface area contributed by atoms with E-state index in [2.05, 4.69) is 15.9 Å². The lowest BCUT2D eigenvalue weighted by atomic mass is 9.90. The Morgan fingerprint density at radius 1 is 1.06 bits per heavy atom. The molecule has 2 aromatic rings. The molecule has 3 aliphatic rings. The predicted molar refractivity (Wildman–Crippen MR) is 125 cm³/mol. The summed E-state index contributed by atoms with van der Waals surface area (Å²) in [4.78, 5) is 39.4. The average Bonchev–Trinajstić information content (AvgIpc) is 2.82. The summed E-state index contributed by atoms with van der Waals surface area (Å²) < 4.78 is 51.1. The minimum absolute atomic E-state index is 0.183. The van der Waals surface area contributed by atoms with E-state index in [9.17, 15) is 27.6 Å². The second-order valence-electron chi connectivity index (χ2n) is 8.46. The first-order chi connectivity index (χ1) is 16.6. The number of thioether (sulfide) groups is 1. The molecule has 2 heterocycles. The fourth-order valence-electron chi connectivity index (χ4n) is 4.28. The summed E-state index contributed by atoms with van der Waals surface area (Å²) >= 11 is 4.67. The smallest absolute Gasteiger partial charge is 0.416 e. The van der Waals surface area contributed by atoms with Crippen LogP contribution in [0.2, 0.25) is 0 Å². The number of ether oxygens (including phenoxy) is 2. The molecule has 182 valence electrons. The zero-order valence-corrected chi connectivity index (χ0v) is 20.4. The third kappa shape index (κ3) is 4.47. The lowest BCUT2D eigenvalue weighted by Gasteiger charge is -2.45. The van der Waals surface area contributed by atoms with Crippen molar-refractivity contribution in [3.05, 3.63) is 68.5 Å². The Morgan fingerprint density at radius 3 is 2.51 bits per heavy atom. The molecule has 6 nitrogen and oxygen atoms in total. The number of piperidine rings is 1. The molecule has 0 saturated carbocycles. The van der Waals surface area contributed by atoms with Crippen molar-refractivity contribution < 1.29 is 37.0 Å². The minimum Gasteiger partial charge on any atom is -0.484 e. The maximum Gasteiger partial charge on any atom is 0.416 e. The molecular formula is C24H17BrF3NO5S. The highest BCUT2D eigenvalue weighted by atomic mass is 79.9. The molecule has 0 bridgehead atoms. The van der Waals surface area contributed by atoms with E-state index in [0.717, 1.165) is 16.6 Å². The predicted octanol–water partition coefficient (Wildman–Crippen LogP) is 5.70. The number of carbonyl (C=O) groups is 3. The van der Waals surface area contributed by atoms with Gasteiger partial charge in [0.1, 0.15) is 22.0 Å². The van der Waals surface area contributed by atoms with E-state index in [4.69, 9.17) is 9.47 Å². The maximum absolute atomic E-state index is 12.9. The van der Waals surface area contributed by atoms with Crippen LogP contribution in [-0.4, -0.2) is 47.0 Å². The van der Waals surface area contributed by atoms with Gasteiger partial charge in [-0.3, -0.25) is 9.59 Å². The van der Waals surface area contributed by atoms with E-state index in [1.807, 2.05) is 0 Å². The Morgan fingerprint density at radius 2 is 1.80 bits per heavy atom. The summed E-state index contributed by atoms with van der Waals surface area (Å²) in [5, 5.41) is 0. The van der Waals surface area contributed by atoms with E-state index in [0.29, 0.717) is 29.9 Å². The van der Waals surface area contributed by atoms with Crippen LogP contribution in [-0.2, 0) is 15.7 Å². The lowest BCUT2D eigenvalue weighted by molar-refractivity contribution is -0.137. The molecule has 1 aliphatic carbocycles. The van der Waals surface area contributed by atoms with Crippen molar-refractivity contribution >= 4 is 51.1 Å². The standard InChI is InChI=1S/C24H17BrF3NO5S/c25-14-4-5-16-17(11-14)20-21(19(31)18(16)30)35-12-23(34-20)6-8-29(9-7-23)22(32)33-15-3-1-2-13(10-15)24(26,27)28/h1-5,10-11H,6-9,12H2. The molecule has 1 saturated heterocycles. The van der Waals surface area contributed by atoms with Gasteiger partial charge in [-0.25, -0.2) is 4.79 Å². The summed E-state index contributed by atoms with van der Waals surface area (Å²) in [6.07, 6.45) is -4.42. The third-order valence-electron chi connectivity index (χ3n) is 6.19. The van der Waals surface area contributed by atoms with Gasteiger partial charge in [-0.1, -0.05) is 22.0 Å². The first-order valence-electron chi connectivity index (χ1n) is 10.7. The number of amides is 1. The number of fused-ring (bicyclic) bond motifs is 2. The summed E-state index contributed by atoms with van der Waals surface area (Å²) in [5.74, 6) is -0.522. The van der Waals surface area contributed by atoms with Crippen LogP contribution in [0.15, 0.2) is 51.8 Å². The average molecular weight is 568 g/mol. The van der Waals surface area contributed by atoms with Crippen molar-refractivity contribution in [3.8, 4) is 5.75 Å². The van der Waals surface area contributed by atoms with Gasteiger partial charge in [-0.05, 0) is 36.4 Å². The van der Waals surface area contributed by atoms with Crippen LogP contribution < -0.4 is 4.74 Å². The fraction of sp³-hybridized carbons (Fsp3) is 0.292. The molecule has 1 fully saturated rings. The van der Waals surface area contributed by atoms with Crippen LogP contribution in [0.25, 0.3) is 5.76 Å². The van der Waals surface area contributed by atoms with Crippen molar-refractivity contribution in [1.82, 2.24) is 4.90 Å². The molecular weight excluding hydrogens is 551 g/mol. The number of benzene rings is 2. The Hall–Kier alpha value is -2.79. The van der Waals surface area contributed by atoms with Crippen molar-refractivity contribution in [2.24, 2.45) is 0 Å². The van der Waals surface area contributed by atoms with Gasteiger partial charge >= 0.3 is 12.3 Å². The minimum atomic E-state index is -4.54. The van der Waals surface area contributed by atoms with Crippen molar-refractivity contribution in [1.29, 1.82) is 0 Å². The van der Waals surface area contributed by atoms with E-state index in [-0.39, 0.29) is 29.3 Å². The van der Waals surface area contributed by atoms with Crippen LogP contribution in [0, 0.1) is 0 Å². The van der Waals surface area contributed by atoms with Gasteiger partial charge in [0.2, 0.25) is 11.6 Å². The van der Waals surface area contributed by atoms with E-state index >= 15 is 0 Å². The second kappa shape index (κ2) is 8.70. The molecule has 0 unspecified atom stereocenters. The number of Topliss-reactive ketones (excluding diaryl/α,β-unsaturated/α-hetero) is 2. The lowest BCUT2D eigenvalue weighted by Crippen LogP contribution is -2.51. The molecule has 0 aromatic heterocycles. The molecule has 5 rings (SSSR count). The first kappa shape index (κ1) is 23.9. The Balaban J connectivity index is 1.29. The van der Waals surface area contributed by atoms with Gasteiger partial charge in [0.25, 0.3) is 0 Å². The van der Waals surface area contributed by atoms with Gasteiger partial charge < -0.3 is 14.4 Å². The largest absolute Gasteiger partial charge is 0.484 e. The highest BCUT2D eigenvalue weighted by Crippen LogP contribution is 2.47. The number of likely N-dealkylation sites (tertiary alicyclic amines) is 1. The molecule has 11 heteroatoms. The maximum atomic E-state index is 12.9. The number of ketones is 2. The molecule has 35 heavy (non-hydrogen) atoms.